The van der Waals surface area contributed by atoms with E-state index in [1.165, 1.54) is 18.3 Å². The van der Waals surface area contributed by atoms with Crippen LogP contribution in [0.4, 0.5) is 10.2 Å². The number of fused-ring (bicyclic) bond motifs is 2. The molecule has 184 valence electrons. The summed E-state index contributed by atoms with van der Waals surface area (Å²) in [5.74, 6) is -0.178. The number of piperidine rings is 1. The monoisotopic (exact) mass is 530 g/mol. The van der Waals surface area contributed by atoms with E-state index >= 15 is 0 Å². The Morgan fingerprint density at radius 1 is 1.18 bits per heavy atom. The van der Waals surface area contributed by atoms with Gasteiger partial charge in [0.2, 0.25) is 10.0 Å². The van der Waals surface area contributed by atoms with E-state index < -0.39 is 21.4 Å². The van der Waals surface area contributed by atoms with Crippen molar-refractivity contribution in [2.45, 2.75) is 68.2 Å². The largest absolute Gasteiger partial charge is 0.476 e. The minimum absolute atomic E-state index is 0.0319. The molecular weight excluding hydrogens is 506 g/mol. The molecular formula is C22H25Cl2FN4O4S. The van der Waals surface area contributed by atoms with Gasteiger partial charge in [-0.25, -0.2) is 22.9 Å². The molecule has 2 aromatic rings. The number of carbonyl (C=O) groups excluding carboxylic acids is 1. The number of sulfonamides is 1. The SMILES string of the molecule is CC(C)(Oc1ccc(F)c(Cl)c1Cl)C(=O)NC1C[C@H]2CC[C@@H](C1)N2c1ccc(S(N)(=O)=O)cn1. The van der Waals surface area contributed by atoms with Crippen molar-refractivity contribution >= 4 is 45.0 Å². The number of carbonyl (C=O) groups is 1. The Labute approximate surface area is 207 Å². The van der Waals surface area contributed by atoms with Gasteiger partial charge in [-0.15, -0.1) is 0 Å². The van der Waals surface area contributed by atoms with Crippen molar-refractivity contribution in [3.8, 4) is 5.75 Å². The van der Waals surface area contributed by atoms with Gasteiger partial charge in [-0.3, -0.25) is 4.79 Å². The predicted molar refractivity (Wildman–Crippen MR) is 127 cm³/mol. The lowest BCUT2D eigenvalue weighted by molar-refractivity contribution is -0.135. The molecule has 1 unspecified atom stereocenters. The van der Waals surface area contributed by atoms with E-state index in [4.69, 9.17) is 33.1 Å². The van der Waals surface area contributed by atoms with E-state index in [-0.39, 0.29) is 44.7 Å². The van der Waals surface area contributed by atoms with Crippen molar-refractivity contribution in [3.05, 3.63) is 46.3 Å². The lowest BCUT2D eigenvalue weighted by Crippen LogP contribution is -2.55. The van der Waals surface area contributed by atoms with Gasteiger partial charge in [-0.1, -0.05) is 23.2 Å². The summed E-state index contributed by atoms with van der Waals surface area (Å²) < 4.78 is 42.4. The molecule has 2 aliphatic rings. The summed E-state index contributed by atoms with van der Waals surface area (Å²) in [6.45, 7) is 3.22. The number of amides is 1. The number of nitrogens with one attached hydrogen (secondary N) is 1. The van der Waals surface area contributed by atoms with Gasteiger partial charge in [0.15, 0.2) is 5.60 Å². The van der Waals surface area contributed by atoms with Gasteiger partial charge in [0, 0.05) is 24.3 Å². The van der Waals surface area contributed by atoms with Crippen LogP contribution in [0.1, 0.15) is 39.5 Å². The molecule has 8 nitrogen and oxygen atoms in total. The molecule has 34 heavy (non-hydrogen) atoms. The Morgan fingerprint density at radius 3 is 2.38 bits per heavy atom. The first-order valence-corrected chi connectivity index (χ1v) is 13.1. The van der Waals surface area contributed by atoms with Crippen molar-refractivity contribution < 1.29 is 22.3 Å². The van der Waals surface area contributed by atoms with E-state index in [9.17, 15) is 17.6 Å². The zero-order chi connectivity index (χ0) is 24.8. The highest BCUT2D eigenvalue weighted by atomic mass is 35.5. The molecule has 3 N–H and O–H groups in total. The molecule has 2 aliphatic heterocycles. The lowest BCUT2D eigenvalue weighted by atomic mass is 9.96. The number of primary sulfonamides is 1. The summed E-state index contributed by atoms with van der Waals surface area (Å²) >= 11 is 11.9. The molecule has 4 rings (SSSR count). The molecule has 1 amide bonds. The Morgan fingerprint density at radius 2 is 1.82 bits per heavy atom. The number of hydrogen-bond acceptors (Lipinski definition) is 6. The van der Waals surface area contributed by atoms with Crippen LogP contribution < -0.4 is 20.1 Å². The highest BCUT2D eigenvalue weighted by Crippen LogP contribution is 2.39. The van der Waals surface area contributed by atoms with Crippen LogP contribution in [0.15, 0.2) is 35.4 Å². The fourth-order valence-corrected chi connectivity index (χ4v) is 5.44. The van der Waals surface area contributed by atoms with Crippen molar-refractivity contribution in [1.29, 1.82) is 0 Å². The highest BCUT2D eigenvalue weighted by Gasteiger charge is 2.43. The maximum atomic E-state index is 13.6. The number of nitrogens with zero attached hydrogens (tertiary/aromatic N) is 2. The number of anilines is 1. The van der Waals surface area contributed by atoms with Crippen molar-refractivity contribution in [2.24, 2.45) is 5.14 Å². The van der Waals surface area contributed by atoms with Crippen LogP contribution in [0, 0.1) is 5.82 Å². The number of hydrogen-bond donors (Lipinski definition) is 2. The third-order valence-corrected chi connectivity index (χ3v) is 8.03. The first-order chi connectivity index (χ1) is 15.9. The number of rotatable bonds is 6. The predicted octanol–water partition coefficient (Wildman–Crippen LogP) is 3.65. The molecule has 1 aromatic heterocycles. The standard InChI is InChI=1S/C22H25Cl2FN4O4S/c1-22(2,33-17-7-6-16(25)19(23)20(17)24)21(30)28-12-9-13-3-4-14(10-12)29(13)18-8-5-15(11-27-18)34(26,31)32/h5-8,11-14H,3-4,9-10H2,1-2H3,(H,28,30)(H2,26,31,32)/t12?,13-,14+. The normalized spacial score (nSPS) is 22.5. The van der Waals surface area contributed by atoms with Gasteiger partial charge in [-0.05, 0) is 63.8 Å². The number of aromatic nitrogens is 1. The second-order valence-corrected chi connectivity index (χ2v) is 11.4. The number of pyridine rings is 1. The van der Waals surface area contributed by atoms with Crippen LogP contribution in [0.25, 0.3) is 0 Å². The fourth-order valence-electron chi connectivity index (χ4n) is 4.63. The molecule has 0 saturated carbocycles. The average molecular weight is 531 g/mol. The van der Waals surface area contributed by atoms with Gasteiger partial charge in [0.05, 0.1) is 5.02 Å². The van der Waals surface area contributed by atoms with Gasteiger partial charge in [0.1, 0.15) is 27.3 Å². The maximum absolute atomic E-state index is 13.6. The van der Waals surface area contributed by atoms with Crippen LogP contribution in [0.3, 0.4) is 0 Å². The highest BCUT2D eigenvalue weighted by molar-refractivity contribution is 7.89. The number of nitrogens with two attached hydrogens (primary N) is 1. The topological polar surface area (TPSA) is 115 Å². The maximum Gasteiger partial charge on any atom is 0.263 e. The third-order valence-electron chi connectivity index (χ3n) is 6.29. The van der Waals surface area contributed by atoms with E-state index in [2.05, 4.69) is 15.2 Å². The molecule has 0 aliphatic carbocycles. The molecule has 2 bridgehead atoms. The smallest absolute Gasteiger partial charge is 0.263 e. The zero-order valence-electron chi connectivity index (χ0n) is 18.6. The molecule has 1 aromatic carbocycles. The third kappa shape index (κ3) is 4.95. The van der Waals surface area contributed by atoms with Crippen LogP contribution in [0.5, 0.6) is 5.75 Å². The molecule has 3 heterocycles. The van der Waals surface area contributed by atoms with Gasteiger partial charge < -0.3 is 15.0 Å². The van der Waals surface area contributed by atoms with E-state index in [0.29, 0.717) is 18.7 Å². The molecule has 2 fully saturated rings. The summed E-state index contributed by atoms with van der Waals surface area (Å²) in [4.78, 5) is 19.5. The van der Waals surface area contributed by atoms with Crippen molar-refractivity contribution in [1.82, 2.24) is 10.3 Å². The number of ether oxygens (including phenoxy) is 1. The number of halogens is 3. The van der Waals surface area contributed by atoms with Gasteiger partial charge in [0.25, 0.3) is 5.91 Å². The zero-order valence-corrected chi connectivity index (χ0v) is 20.9. The van der Waals surface area contributed by atoms with Gasteiger partial charge >= 0.3 is 0 Å². The van der Waals surface area contributed by atoms with E-state index in [1.807, 2.05) is 0 Å². The Balaban J connectivity index is 1.42. The van der Waals surface area contributed by atoms with Crippen molar-refractivity contribution in [3.63, 3.8) is 0 Å². The summed E-state index contributed by atoms with van der Waals surface area (Å²) in [5.41, 5.74) is -1.27. The fraction of sp³-hybridized carbons (Fsp3) is 0.455. The Kier molecular flexibility index (Phi) is 6.71. The molecule has 3 atom stereocenters. The second kappa shape index (κ2) is 9.14. The molecule has 12 heteroatoms. The summed E-state index contributed by atoms with van der Waals surface area (Å²) in [5, 5.41) is 7.88. The quantitative estimate of drug-likeness (QED) is 0.550. The Bertz CT molecular complexity index is 1200. The van der Waals surface area contributed by atoms with Crippen LogP contribution >= 0.6 is 23.2 Å². The van der Waals surface area contributed by atoms with Crippen LogP contribution in [-0.4, -0.2) is 43.0 Å². The van der Waals surface area contributed by atoms with Crippen LogP contribution in [-0.2, 0) is 14.8 Å². The minimum atomic E-state index is -3.80. The summed E-state index contributed by atoms with van der Waals surface area (Å²) in [7, 11) is -3.80. The van der Waals surface area contributed by atoms with E-state index in [0.717, 1.165) is 18.9 Å². The van der Waals surface area contributed by atoms with E-state index in [1.54, 1.807) is 19.9 Å². The first kappa shape index (κ1) is 25.0. The Hall–Kier alpha value is -2.14. The molecule has 0 spiro atoms. The molecule has 2 saturated heterocycles. The average Bonchev–Trinajstić information content (AvgIpc) is 3.04. The van der Waals surface area contributed by atoms with Gasteiger partial charge in [-0.2, -0.15) is 0 Å². The lowest BCUT2D eigenvalue weighted by Gasteiger charge is -2.40. The molecule has 0 radical (unpaired) electrons. The summed E-state index contributed by atoms with van der Waals surface area (Å²) in [6.07, 6.45) is 4.57. The minimum Gasteiger partial charge on any atom is -0.476 e. The second-order valence-electron chi connectivity index (χ2n) is 9.12. The summed E-state index contributed by atoms with van der Waals surface area (Å²) in [6, 6.07) is 5.84. The first-order valence-electron chi connectivity index (χ1n) is 10.8. The van der Waals surface area contributed by atoms with Crippen molar-refractivity contribution in [2.75, 3.05) is 4.90 Å². The number of benzene rings is 1. The van der Waals surface area contributed by atoms with Crippen LogP contribution in [0.2, 0.25) is 10.0 Å².